The molecule has 0 radical (unpaired) electrons. The molecule has 2 N–H and O–H groups in total. The average Bonchev–Trinajstić information content (AvgIpc) is 3.42. The molecule has 0 bridgehead atoms. The summed E-state index contributed by atoms with van der Waals surface area (Å²) in [6.07, 6.45) is 0.215. The Kier molecular flexibility index (Phi) is 6.65. The van der Waals surface area contributed by atoms with Gasteiger partial charge in [0.05, 0.1) is 13.2 Å². The van der Waals surface area contributed by atoms with Gasteiger partial charge < -0.3 is 15.4 Å². The summed E-state index contributed by atoms with van der Waals surface area (Å²) in [4.78, 5) is 40.5. The predicted molar refractivity (Wildman–Crippen MR) is 126 cm³/mol. The van der Waals surface area contributed by atoms with Gasteiger partial charge >= 0.3 is 6.03 Å². The minimum absolute atomic E-state index is 0.215. The van der Waals surface area contributed by atoms with Gasteiger partial charge in [0.2, 0.25) is 5.91 Å². The third kappa shape index (κ3) is 4.79. The van der Waals surface area contributed by atoms with E-state index in [1.807, 2.05) is 35.7 Å². The lowest BCUT2D eigenvalue weighted by atomic mass is 9.92. The van der Waals surface area contributed by atoms with Gasteiger partial charge in [0.15, 0.2) is 0 Å². The van der Waals surface area contributed by atoms with Gasteiger partial charge in [0.25, 0.3) is 5.91 Å². The number of methoxy groups -OCH3 is 1. The Morgan fingerprint density at radius 3 is 2.56 bits per heavy atom. The molecule has 1 aromatic heterocycles. The summed E-state index contributed by atoms with van der Waals surface area (Å²) in [6, 6.07) is 15.6. The lowest BCUT2D eigenvalue weighted by Crippen LogP contribution is -2.47. The van der Waals surface area contributed by atoms with Crippen molar-refractivity contribution < 1.29 is 23.5 Å². The van der Waals surface area contributed by atoms with Crippen molar-refractivity contribution in [3.05, 3.63) is 87.9 Å². The molecule has 1 aliphatic heterocycles. The first kappa shape index (κ1) is 23.4. The zero-order valence-corrected chi connectivity index (χ0v) is 19.5. The number of ether oxygens (including phenoxy) is 1. The van der Waals surface area contributed by atoms with Gasteiger partial charge in [-0.2, -0.15) is 0 Å². The molecule has 2 aromatic carbocycles. The summed E-state index contributed by atoms with van der Waals surface area (Å²) in [5.41, 5.74) is 0.243. The lowest BCUT2D eigenvalue weighted by Gasteiger charge is -2.23. The molecule has 4 rings (SSSR count). The molecule has 3 aromatic rings. The number of amides is 4. The number of nitrogens with one attached hydrogen (secondary N) is 2. The highest BCUT2D eigenvalue weighted by atomic mass is 32.1. The van der Waals surface area contributed by atoms with Crippen LogP contribution in [-0.2, 0) is 16.0 Å². The number of para-hydroxylation sites is 1. The monoisotopic (exact) mass is 481 g/mol. The highest BCUT2D eigenvalue weighted by Gasteiger charge is 2.48. The Hall–Kier alpha value is -3.72. The molecule has 1 saturated heterocycles. The number of hydrogen-bond acceptors (Lipinski definition) is 5. The molecular formula is C25H24FN3O4S. The standard InChI is InChI=1S/C25H24FN3O4S/c1-25(14-17-6-3-4-7-19(17)33-2)23(31)29(24(32)28-25)15-21(30)27-22(20-8-5-13-34-20)16-9-11-18(26)12-10-16/h3-13,22H,14-15H2,1-2H3,(H,27,30)(H,28,32)/t22-,25-/m1/s1. The van der Waals surface area contributed by atoms with E-state index in [-0.39, 0.29) is 12.2 Å². The maximum absolute atomic E-state index is 13.4. The minimum Gasteiger partial charge on any atom is -0.496 e. The van der Waals surface area contributed by atoms with E-state index in [0.717, 1.165) is 15.3 Å². The van der Waals surface area contributed by atoms with E-state index < -0.39 is 36.0 Å². The van der Waals surface area contributed by atoms with Gasteiger partial charge in [-0.15, -0.1) is 11.3 Å². The molecule has 176 valence electrons. The van der Waals surface area contributed by atoms with Crippen molar-refractivity contribution in [2.45, 2.75) is 24.9 Å². The van der Waals surface area contributed by atoms with E-state index in [1.54, 1.807) is 25.1 Å². The zero-order chi connectivity index (χ0) is 24.3. The van der Waals surface area contributed by atoms with Crippen LogP contribution in [0.25, 0.3) is 0 Å². The Morgan fingerprint density at radius 1 is 1.15 bits per heavy atom. The SMILES string of the molecule is COc1ccccc1C[C@@]1(C)NC(=O)N(CC(=O)N[C@H](c2ccc(F)cc2)c2cccs2)C1=O. The molecule has 0 spiro atoms. The normalized spacial score (nSPS) is 18.5. The van der Waals surface area contributed by atoms with Crippen LogP contribution in [-0.4, -0.2) is 41.9 Å². The average molecular weight is 482 g/mol. The first-order valence-corrected chi connectivity index (χ1v) is 11.5. The third-order valence-electron chi connectivity index (χ3n) is 5.72. The van der Waals surface area contributed by atoms with Gasteiger partial charge in [-0.3, -0.25) is 14.5 Å². The zero-order valence-electron chi connectivity index (χ0n) is 18.7. The topological polar surface area (TPSA) is 87.7 Å². The van der Waals surface area contributed by atoms with Gasteiger partial charge in [-0.25, -0.2) is 9.18 Å². The maximum Gasteiger partial charge on any atom is 0.325 e. The second kappa shape index (κ2) is 9.64. The number of carbonyl (C=O) groups is 3. The maximum atomic E-state index is 13.4. The van der Waals surface area contributed by atoms with Crippen LogP contribution in [0.5, 0.6) is 5.75 Å². The molecule has 1 aliphatic rings. The van der Waals surface area contributed by atoms with Crippen LogP contribution < -0.4 is 15.4 Å². The van der Waals surface area contributed by atoms with Crippen LogP contribution >= 0.6 is 11.3 Å². The molecule has 9 heteroatoms. The fourth-order valence-electron chi connectivity index (χ4n) is 4.02. The molecule has 34 heavy (non-hydrogen) atoms. The van der Waals surface area contributed by atoms with Crippen molar-refractivity contribution in [1.29, 1.82) is 0 Å². The van der Waals surface area contributed by atoms with Crippen molar-refractivity contribution in [1.82, 2.24) is 15.5 Å². The summed E-state index contributed by atoms with van der Waals surface area (Å²) in [5, 5.41) is 7.46. The van der Waals surface area contributed by atoms with Crippen LogP contribution in [0.4, 0.5) is 9.18 Å². The Morgan fingerprint density at radius 2 is 1.88 bits per heavy atom. The Labute approximate surface area is 200 Å². The summed E-state index contributed by atoms with van der Waals surface area (Å²) < 4.78 is 18.8. The molecule has 0 unspecified atom stereocenters. The number of rotatable bonds is 8. The Bertz CT molecular complexity index is 1200. The van der Waals surface area contributed by atoms with Crippen molar-refractivity contribution in [2.75, 3.05) is 13.7 Å². The molecule has 4 amide bonds. The largest absolute Gasteiger partial charge is 0.496 e. The molecule has 0 saturated carbocycles. The lowest BCUT2D eigenvalue weighted by molar-refractivity contribution is -0.134. The number of carbonyl (C=O) groups excluding carboxylic acids is 3. The summed E-state index contributed by atoms with van der Waals surface area (Å²) in [6.45, 7) is 1.19. The summed E-state index contributed by atoms with van der Waals surface area (Å²) >= 11 is 1.44. The molecule has 2 heterocycles. The molecule has 7 nitrogen and oxygen atoms in total. The first-order chi connectivity index (χ1) is 16.3. The minimum atomic E-state index is -1.21. The van der Waals surface area contributed by atoms with Gasteiger partial charge in [-0.1, -0.05) is 36.4 Å². The number of hydrogen-bond donors (Lipinski definition) is 2. The third-order valence-corrected chi connectivity index (χ3v) is 6.66. The van der Waals surface area contributed by atoms with Crippen molar-refractivity contribution in [3.63, 3.8) is 0 Å². The van der Waals surface area contributed by atoms with E-state index in [1.165, 1.54) is 30.6 Å². The first-order valence-electron chi connectivity index (χ1n) is 10.6. The molecular weight excluding hydrogens is 457 g/mol. The van der Waals surface area contributed by atoms with E-state index >= 15 is 0 Å². The van der Waals surface area contributed by atoms with Crippen LogP contribution in [0.3, 0.4) is 0 Å². The number of imide groups is 1. The number of benzene rings is 2. The molecule has 2 atom stereocenters. The van der Waals surface area contributed by atoms with Crippen LogP contribution in [0.2, 0.25) is 0 Å². The summed E-state index contributed by atoms with van der Waals surface area (Å²) in [5.74, 6) is -0.769. The van der Waals surface area contributed by atoms with Crippen molar-refractivity contribution in [3.8, 4) is 5.75 Å². The van der Waals surface area contributed by atoms with E-state index in [0.29, 0.717) is 11.3 Å². The number of urea groups is 1. The molecule has 1 fully saturated rings. The van der Waals surface area contributed by atoms with Crippen molar-refractivity contribution in [2.24, 2.45) is 0 Å². The molecule has 0 aliphatic carbocycles. The quantitative estimate of drug-likeness (QED) is 0.481. The van der Waals surface area contributed by atoms with Gasteiger partial charge in [0.1, 0.15) is 23.7 Å². The van der Waals surface area contributed by atoms with Crippen molar-refractivity contribution >= 4 is 29.2 Å². The second-order valence-electron chi connectivity index (χ2n) is 8.21. The fourth-order valence-corrected chi connectivity index (χ4v) is 4.82. The van der Waals surface area contributed by atoms with Crippen LogP contribution in [0.15, 0.2) is 66.0 Å². The highest BCUT2D eigenvalue weighted by molar-refractivity contribution is 7.10. The highest BCUT2D eigenvalue weighted by Crippen LogP contribution is 2.28. The summed E-state index contributed by atoms with van der Waals surface area (Å²) in [7, 11) is 1.54. The van der Waals surface area contributed by atoms with E-state index in [2.05, 4.69) is 10.6 Å². The predicted octanol–water partition coefficient (Wildman–Crippen LogP) is 3.65. The fraction of sp³-hybridized carbons (Fsp3) is 0.240. The van der Waals surface area contributed by atoms with Gasteiger partial charge in [-0.05, 0) is 47.7 Å². The smallest absolute Gasteiger partial charge is 0.325 e. The van der Waals surface area contributed by atoms with E-state index in [4.69, 9.17) is 4.74 Å². The van der Waals surface area contributed by atoms with Crippen LogP contribution in [0, 0.1) is 5.82 Å². The number of halogens is 1. The van der Waals surface area contributed by atoms with Crippen LogP contribution in [0.1, 0.15) is 29.0 Å². The number of thiophene rings is 1. The second-order valence-corrected chi connectivity index (χ2v) is 9.19. The number of nitrogens with zero attached hydrogens (tertiary/aromatic N) is 1. The Balaban J connectivity index is 1.49. The van der Waals surface area contributed by atoms with E-state index in [9.17, 15) is 18.8 Å². The van der Waals surface area contributed by atoms with Gasteiger partial charge in [0, 0.05) is 11.3 Å².